The van der Waals surface area contributed by atoms with Crippen molar-refractivity contribution >= 4 is 5.91 Å². The maximum absolute atomic E-state index is 13.4. The van der Waals surface area contributed by atoms with Gasteiger partial charge < -0.3 is 15.0 Å². The Bertz CT molecular complexity index is 459. The van der Waals surface area contributed by atoms with E-state index in [9.17, 15) is 9.18 Å². The number of benzene rings is 1. The van der Waals surface area contributed by atoms with Crippen LogP contribution in [0.5, 0.6) is 5.75 Å². The van der Waals surface area contributed by atoms with Gasteiger partial charge in [-0.1, -0.05) is 0 Å². The zero-order chi connectivity index (χ0) is 13.8. The van der Waals surface area contributed by atoms with E-state index in [4.69, 9.17) is 4.74 Å². The van der Waals surface area contributed by atoms with Crippen molar-refractivity contribution in [2.24, 2.45) is 0 Å². The molecule has 104 valence electrons. The fraction of sp³-hybridized carbons (Fsp3) is 0.500. The highest BCUT2D eigenvalue weighted by Crippen LogP contribution is 2.28. The molecule has 4 nitrogen and oxygen atoms in total. The van der Waals surface area contributed by atoms with Gasteiger partial charge in [0.25, 0.3) is 0 Å². The molecule has 2 rings (SSSR count). The predicted octanol–water partition coefficient (Wildman–Crippen LogP) is 1.37. The SMILES string of the molecule is COc1ccc(F)cc1C(C)C(=O)N1CCNCC1. The third-order valence-electron chi connectivity index (χ3n) is 3.46. The molecule has 1 saturated heterocycles. The highest BCUT2D eigenvalue weighted by Gasteiger charge is 2.25. The minimum absolute atomic E-state index is 0.0189. The van der Waals surface area contributed by atoms with Gasteiger partial charge in [-0.2, -0.15) is 0 Å². The molecule has 0 saturated carbocycles. The number of hydrogen-bond donors (Lipinski definition) is 1. The van der Waals surface area contributed by atoms with Crippen LogP contribution in [0, 0.1) is 5.82 Å². The number of ether oxygens (including phenoxy) is 1. The van der Waals surface area contributed by atoms with Crippen LogP contribution in [0.2, 0.25) is 0 Å². The average Bonchev–Trinajstić information content (AvgIpc) is 2.46. The van der Waals surface area contributed by atoms with Crippen molar-refractivity contribution in [3.8, 4) is 5.75 Å². The predicted molar refractivity (Wildman–Crippen MR) is 70.8 cm³/mol. The van der Waals surface area contributed by atoms with Gasteiger partial charge in [0.05, 0.1) is 13.0 Å². The Hall–Kier alpha value is -1.62. The minimum Gasteiger partial charge on any atom is -0.496 e. The first-order valence-electron chi connectivity index (χ1n) is 6.46. The smallest absolute Gasteiger partial charge is 0.230 e. The van der Waals surface area contributed by atoms with Gasteiger partial charge >= 0.3 is 0 Å². The Balaban J connectivity index is 2.20. The van der Waals surface area contributed by atoms with Gasteiger partial charge in [-0.05, 0) is 25.1 Å². The summed E-state index contributed by atoms with van der Waals surface area (Å²) in [6.07, 6.45) is 0. The third kappa shape index (κ3) is 3.04. The van der Waals surface area contributed by atoms with Gasteiger partial charge in [-0.25, -0.2) is 4.39 Å². The molecule has 1 heterocycles. The number of nitrogens with one attached hydrogen (secondary N) is 1. The van der Waals surface area contributed by atoms with Crippen LogP contribution in [0.4, 0.5) is 4.39 Å². The molecule has 19 heavy (non-hydrogen) atoms. The number of rotatable bonds is 3. The minimum atomic E-state index is -0.399. The summed E-state index contributed by atoms with van der Waals surface area (Å²) < 4.78 is 18.6. The van der Waals surface area contributed by atoms with Crippen LogP contribution in [0.1, 0.15) is 18.4 Å². The Kier molecular flexibility index (Phi) is 4.37. The van der Waals surface area contributed by atoms with E-state index in [2.05, 4.69) is 5.32 Å². The van der Waals surface area contributed by atoms with Gasteiger partial charge in [0, 0.05) is 31.7 Å². The first-order valence-corrected chi connectivity index (χ1v) is 6.46. The molecule has 1 aliphatic rings. The monoisotopic (exact) mass is 266 g/mol. The van der Waals surface area contributed by atoms with Gasteiger partial charge in [0.1, 0.15) is 11.6 Å². The molecule has 0 radical (unpaired) electrons. The molecule has 1 fully saturated rings. The summed E-state index contributed by atoms with van der Waals surface area (Å²) in [7, 11) is 1.53. The van der Waals surface area contributed by atoms with Crippen molar-refractivity contribution in [2.45, 2.75) is 12.8 Å². The summed E-state index contributed by atoms with van der Waals surface area (Å²) in [5, 5.41) is 3.20. The molecule has 1 N–H and O–H groups in total. The van der Waals surface area contributed by atoms with Crippen LogP contribution in [-0.2, 0) is 4.79 Å². The van der Waals surface area contributed by atoms with Crippen molar-refractivity contribution in [1.29, 1.82) is 0 Å². The number of amides is 1. The molecule has 0 aliphatic carbocycles. The van der Waals surface area contributed by atoms with Crippen LogP contribution in [0.15, 0.2) is 18.2 Å². The van der Waals surface area contributed by atoms with Crippen LogP contribution in [0.3, 0.4) is 0 Å². The van der Waals surface area contributed by atoms with E-state index in [1.54, 1.807) is 13.0 Å². The van der Waals surface area contributed by atoms with E-state index < -0.39 is 5.92 Å². The Morgan fingerprint density at radius 3 is 2.74 bits per heavy atom. The van der Waals surface area contributed by atoms with Crippen LogP contribution in [0.25, 0.3) is 0 Å². The van der Waals surface area contributed by atoms with Gasteiger partial charge in [0.15, 0.2) is 0 Å². The molecule has 1 aliphatic heterocycles. The van der Waals surface area contributed by atoms with Gasteiger partial charge in [0.2, 0.25) is 5.91 Å². The van der Waals surface area contributed by atoms with Crippen molar-refractivity contribution in [2.75, 3.05) is 33.3 Å². The second-order valence-electron chi connectivity index (χ2n) is 4.68. The lowest BCUT2D eigenvalue weighted by molar-refractivity contribution is -0.133. The summed E-state index contributed by atoms with van der Waals surface area (Å²) >= 11 is 0. The van der Waals surface area contributed by atoms with E-state index >= 15 is 0 Å². The second-order valence-corrected chi connectivity index (χ2v) is 4.68. The van der Waals surface area contributed by atoms with E-state index in [1.165, 1.54) is 19.2 Å². The lowest BCUT2D eigenvalue weighted by Crippen LogP contribution is -2.47. The number of hydrogen-bond acceptors (Lipinski definition) is 3. The molecule has 1 aromatic rings. The quantitative estimate of drug-likeness (QED) is 0.898. The topological polar surface area (TPSA) is 41.6 Å². The summed E-state index contributed by atoms with van der Waals surface area (Å²) in [5.41, 5.74) is 0.603. The summed E-state index contributed by atoms with van der Waals surface area (Å²) in [6.45, 7) is 4.79. The Morgan fingerprint density at radius 1 is 1.42 bits per heavy atom. The molecule has 0 aromatic heterocycles. The first kappa shape index (κ1) is 13.8. The van der Waals surface area contributed by atoms with Gasteiger partial charge in [-0.15, -0.1) is 0 Å². The number of piperazine rings is 1. The lowest BCUT2D eigenvalue weighted by atomic mass is 9.98. The van der Waals surface area contributed by atoms with Crippen molar-refractivity contribution in [3.63, 3.8) is 0 Å². The van der Waals surface area contributed by atoms with Crippen molar-refractivity contribution < 1.29 is 13.9 Å². The second kappa shape index (κ2) is 6.02. The van der Waals surface area contributed by atoms with Gasteiger partial charge in [-0.3, -0.25) is 4.79 Å². The number of methoxy groups -OCH3 is 1. The zero-order valence-corrected chi connectivity index (χ0v) is 11.3. The standard InChI is InChI=1S/C14H19FN2O2/c1-10(14(18)17-7-5-16-6-8-17)12-9-11(15)3-4-13(12)19-2/h3-4,9-10,16H,5-8H2,1-2H3. The van der Waals surface area contributed by atoms with E-state index in [1.807, 2.05) is 4.90 Å². The van der Waals surface area contributed by atoms with Crippen molar-refractivity contribution in [1.82, 2.24) is 10.2 Å². The summed E-state index contributed by atoms with van der Waals surface area (Å²) in [5.74, 6) is -0.178. The zero-order valence-electron chi connectivity index (χ0n) is 11.3. The van der Waals surface area contributed by atoms with Crippen LogP contribution >= 0.6 is 0 Å². The molecular formula is C14H19FN2O2. The first-order chi connectivity index (χ1) is 9.13. The molecule has 0 bridgehead atoms. The Labute approximate surface area is 112 Å². The maximum atomic E-state index is 13.4. The number of nitrogens with zero attached hydrogens (tertiary/aromatic N) is 1. The average molecular weight is 266 g/mol. The van der Waals surface area contributed by atoms with E-state index in [0.29, 0.717) is 24.4 Å². The van der Waals surface area contributed by atoms with Crippen LogP contribution < -0.4 is 10.1 Å². The molecule has 1 unspecified atom stereocenters. The Morgan fingerprint density at radius 2 is 2.11 bits per heavy atom. The van der Waals surface area contributed by atoms with Crippen LogP contribution in [-0.4, -0.2) is 44.1 Å². The summed E-state index contributed by atoms with van der Waals surface area (Å²) in [6, 6.07) is 4.28. The lowest BCUT2D eigenvalue weighted by Gasteiger charge is -2.30. The normalized spacial score (nSPS) is 17.1. The number of carbonyl (C=O) groups excluding carboxylic acids is 1. The largest absolute Gasteiger partial charge is 0.496 e. The fourth-order valence-electron chi connectivity index (χ4n) is 2.34. The third-order valence-corrected chi connectivity index (χ3v) is 3.46. The molecule has 1 amide bonds. The summed E-state index contributed by atoms with van der Waals surface area (Å²) in [4.78, 5) is 14.2. The maximum Gasteiger partial charge on any atom is 0.230 e. The fourth-order valence-corrected chi connectivity index (χ4v) is 2.34. The molecule has 1 atom stereocenters. The molecule has 0 spiro atoms. The van der Waals surface area contributed by atoms with E-state index in [-0.39, 0.29) is 11.7 Å². The molecular weight excluding hydrogens is 247 g/mol. The van der Waals surface area contributed by atoms with Crippen molar-refractivity contribution in [3.05, 3.63) is 29.6 Å². The highest BCUT2D eigenvalue weighted by molar-refractivity contribution is 5.84. The molecule has 1 aromatic carbocycles. The number of carbonyl (C=O) groups is 1. The molecule has 5 heteroatoms. The highest BCUT2D eigenvalue weighted by atomic mass is 19.1. The van der Waals surface area contributed by atoms with E-state index in [0.717, 1.165) is 13.1 Å². The number of halogens is 1.